The molecule has 0 saturated carbocycles. The van der Waals surface area contributed by atoms with Gasteiger partial charge in [-0.3, -0.25) is 4.98 Å². The maximum absolute atomic E-state index is 15.6. The molecular formula is C20H21F3N6O3S. The van der Waals surface area contributed by atoms with Gasteiger partial charge in [0.25, 0.3) is 10.0 Å². The second-order valence-electron chi connectivity index (χ2n) is 8.15. The molecule has 2 aromatic heterocycles. The molecule has 0 bridgehead atoms. The molecule has 33 heavy (non-hydrogen) atoms. The monoisotopic (exact) mass is 482 g/mol. The molecule has 0 radical (unpaired) electrons. The highest BCUT2D eigenvalue weighted by molar-refractivity contribution is 7.89. The van der Waals surface area contributed by atoms with E-state index in [1.54, 1.807) is 23.4 Å². The molecule has 2 aliphatic rings. The van der Waals surface area contributed by atoms with Crippen molar-refractivity contribution in [2.24, 2.45) is 7.05 Å². The summed E-state index contributed by atoms with van der Waals surface area (Å²) in [5, 5.41) is -0.156. The van der Waals surface area contributed by atoms with E-state index in [9.17, 15) is 17.2 Å². The minimum Gasteiger partial charge on any atom is -0.355 e. The molecule has 0 N–H and O–H groups in total. The number of fused-ring (bicyclic) bond motifs is 1. The minimum absolute atomic E-state index is 0.0129. The number of benzene rings is 1. The van der Waals surface area contributed by atoms with E-state index >= 15 is 4.39 Å². The van der Waals surface area contributed by atoms with Gasteiger partial charge in [0.2, 0.25) is 0 Å². The van der Waals surface area contributed by atoms with E-state index < -0.39 is 33.6 Å². The quantitative estimate of drug-likeness (QED) is 0.563. The Morgan fingerprint density at radius 2 is 1.88 bits per heavy atom. The highest BCUT2D eigenvalue weighted by atomic mass is 32.2. The molecule has 2 fully saturated rings. The van der Waals surface area contributed by atoms with Crippen molar-refractivity contribution in [3.05, 3.63) is 42.0 Å². The molecule has 5 rings (SSSR count). The van der Waals surface area contributed by atoms with E-state index in [1.165, 1.54) is 12.4 Å². The largest absolute Gasteiger partial charge is 0.355 e. The van der Waals surface area contributed by atoms with Crippen molar-refractivity contribution in [1.82, 2.24) is 23.8 Å². The number of imidazole rings is 1. The third-order valence-electron chi connectivity index (χ3n) is 6.22. The molecule has 3 aromatic rings. The van der Waals surface area contributed by atoms with Crippen molar-refractivity contribution in [1.29, 1.82) is 0 Å². The first kappa shape index (κ1) is 22.0. The Morgan fingerprint density at radius 1 is 1.15 bits per heavy atom. The van der Waals surface area contributed by atoms with Gasteiger partial charge in [-0.2, -0.15) is 4.31 Å². The number of piperidine rings is 1. The van der Waals surface area contributed by atoms with Crippen molar-refractivity contribution in [2.45, 2.75) is 30.3 Å². The van der Waals surface area contributed by atoms with Crippen LogP contribution in [0.4, 0.5) is 19.0 Å². The number of sulfonamides is 1. The SMILES string of the molecule is Cc1nc(S(=O)(=O)N2CCO[C@]23CCN(c2cnc4cc(F)c(F)cc4n2)C[C@H]3F)cn1C. The van der Waals surface area contributed by atoms with Crippen LogP contribution >= 0.6 is 0 Å². The number of nitrogens with zero attached hydrogens (tertiary/aromatic N) is 6. The summed E-state index contributed by atoms with van der Waals surface area (Å²) in [6, 6.07) is 1.88. The number of aryl methyl sites for hydroxylation is 2. The topological polar surface area (TPSA) is 93.4 Å². The zero-order valence-electron chi connectivity index (χ0n) is 17.9. The van der Waals surface area contributed by atoms with Gasteiger partial charge in [0, 0.05) is 44.9 Å². The fraction of sp³-hybridized carbons (Fsp3) is 0.450. The highest BCUT2D eigenvalue weighted by Crippen LogP contribution is 2.40. The summed E-state index contributed by atoms with van der Waals surface area (Å²) >= 11 is 0. The molecule has 176 valence electrons. The van der Waals surface area contributed by atoms with Gasteiger partial charge in [0.05, 0.1) is 30.4 Å². The smallest absolute Gasteiger partial charge is 0.264 e. The van der Waals surface area contributed by atoms with Crippen molar-refractivity contribution in [2.75, 3.05) is 31.1 Å². The Kier molecular flexibility index (Phi) is 5.10. The molecule has 4 heterocycles. The van der Waals surface area contributed by atoms with E-state index in [0.29, 0.717) is 5.82 Å². The van der Waals surface area contributed by atoms with Gasteiger partial charge in [-0.25, -0.2) is 31.6 Å². The zero-order chi connectivity index (χ0) is 23.5. The standard InChI is InChI=1S/C20H21F3N6O3S/c1-12-25-19(11-27(12)2)33(30,31)29-5-6-32-20(29)3-4-28(10-17(20)23)18-9-24-15-7-13(21)14(22)8-16(15)26-18/h7-9,11,17H,3-6,10H2,1-2H3/t17-,20+/m1/s1. The first-order chi connectivity index (χ1) is 15.6. The highest BCUT2D eigenvalue weighted by Gasteiger charge is 2.57. The number of ether oxygens (including phenoxy) is 1. The van der Waals surface area contributed by atoms with Crippen LogP contribution < -0.4 is 4.90 Å². The van der Waals surface area contributed by atoms with Crippen LogP contribution in [0.15, 0.2) is 29.6 Å². The lowest BCUT2D eigenvalue weighted by Gasteiger charge is -2.45. The molecular weight excluding hydrogens is 461 g/mol. The van der Waals surface area contributed by atoms with Gasteiger partial charge in [0.1, 0.15) is 11.6 Å². The summed E-state index contributed by atoms with van der Waals surface area (Å²) in [5.41, 5.74) is -1.35. The van der Waals surface area contributed by atoms with Gasteiger partial charge in [-0.1, -0.05) is 0 Å². The Morgan fingerprint density at radius 3 is 2.55 bits per heavy atom. The normalized spacial score (nSPS) is 24.3. The van der Waals surface area contributed by atoms with Gasteiger partial charge in [-0.15, -0.1) is 0 Å². The molecule has 0 aliphatic carbocycles. The number of alkyl halides is 1. The van der Waals surface area contributed by atoms with Crippen molar-refractivity contribution < 1.29 is 26.3 Å². The summed E-state index contributed by atoms with van der Waals surface area (Å²) in [5.74, 6) is -1.30. The lowest BCUT2D eigenvalue weighted by molar-refractivity contribution is -0.116. The average molecular weight is 482 g/mol. The fourth-order valence-electron chi connectivity index (χ4n) is 4.34. The van der Waals surface area contributed by atoms with E-state index in [2.05, 4.69) is 15.0 Å². The fourth-order valence-corrected chi connectivity index (χ4v) is 6.08. The lowest BCUT2D eigenvalue weighted by atomic mass is 9.98. The summed E-state index contributed by atoms with van der Waals surface area (Å²) in [4.78, 5) is 14.1. The molecule has 0 amide bonds. The number of hydrogen-bond donors (Lipinski definition) is 0. The summed E-state index contributed by atoms with van der Waals surface area (Å²) < 4.78 is 77.6. The molecule has 9 nitrogen and oxygen atoms in total. The third kappa shape index (κ3) is 3.45. The van der Waals surface area contributed by atoms with E-state index in [-0.39, 0.29) is 54.5 Å². The maximum Gasteiger partial charge on any atom is 0.264 e. The van der Waals surface area contributed by atoms with Gasteiger partial charge < -0.3 is 14.2 Å². The summed E-state index contributed by atoms with van der Waals surface area (Å²) in [6.45, 7) is 1.76. The number of hydrogen-bond acceptors (Lipinski definition) is 7. The maximum atomic E-state index is 15.6. The molecule has 1 spiro atoms. The van der Waals surface area contributed by atoms with Crippen LogP contribution in [0.1, 0.15) is 12.2 Å². The predicted molar refractivity (Wildman–Crippen MR) is 112 cm³/mol. The first-order valence-electron chi connectivity index (χ1n) is 10.3. The Bertz CT molecular complexity index is 1330. The molecule has 2 aliphatic heterocycles. The van der Waals surface area contributed by atoms with Crippen LogP contribution in [0.5, 0.6) is 0 Å². The molecule has 0 unspecified atom stereocenters. The van der Waals surface area contributed by atoms with Crippen LogP contribution in [0.25, 0.3) is 11.0 Å². The Labute approximate surface area is 187 Å². The average Bonchev–Trinajstić information content (AvgIpc) is 3.36. The summed E-state index contributed by atoms with van der Waals surface area (Å²) in [7, 11) is -2.41. The Hall–Kier alpha value is -2.77. The van der Waals surface area contributed by atoms with Crippen molar-refractivity contribution in [3.8, 4) is 0 Å². The van der Waals surface area contributed by atoms with Crippen LogP contribution in [0.2, 0.25) is 0 Å². The van der Waals surface area contributed by atoms with Crippen LogP contribution in [-0.4, -0.2) is 70.4 Å². The van der Waals surface area contributed by atoms with Crippen LogP contribution in [-0.2, 0) is 21.8 Å². The molecule has 1 aromatic carbocycles. The van der Waals surface area contributed by atoms with Gasteiger partial charge in [-0.05, 0) is 6.92 Å². The molecule has 13 heteroatoms. The van der Waals surface area contributed by atoms with Crippen LogP contribution in [0, 0.1) is 18.6 Å². The minimum atomic E-state index is -4.09. The molecule has 2 saturated heterocycles. The summed E-state index contributed by atoms with van der Waals surface area (Å²) in [6.07, 6.45) is 1.09. The lowest BCUT2D eigenvalue weighted by Crippen LogP contribution is -2.62. The predicted octanol–water partition coefficient (Wildman–Crippen LogP) is 1.92. The van der Waals surface area contributed by atoms with Gasteiger partial charge in [0.15, 0.2) is 28.6 Å². The Balaban J connectivity index is 1.42. The number of anilines is 1. The molecule has 2 atom stereocenters. The second-order valence-corrected chi connectivity index (χ2v) is 9.96. The van der Waals surface area contributed by atoms with E-state index in [1.807, 2.05) is 0 Å². The van der Waals surface area contributed by atoms with E-state index in [4.69, 9.17) is 4.74 Å². The van der Waals surface area contributed by atoms with Crippen molar-refractivity contribution in [3.63, 3.8) is 0 Å². The zero-order valence-corrected chi connectivity index (χ0v) is 18.7. The number of halogens is 3. The second kappa shape index (κ2) is 7.64. The van der Waals surface area contributed by atoms with E-state index in [0.717, 1.165) is 16.4 Å². The van der Waals surface area contributed by atoms with Gasteiger partial charge >= 0.3 is 0 Å². The van der Waals surface area contributed by atoms with Crippen LogP contribution in [0.3, 0.4) is 0 Å². The van der Waals surface area contributed by atoms with Crippen molar-refractivity contribution >= 4 is 26.9 Å². The number of aromatic nitrogens is 4. The number of rotatable bonds is 3. The first-order valence-corrected chi connectivity index (χ1v) is 11.7. The third-order valence-corrected chi connectivity index (χ3v) is 8.01.